The molecule has 0 bridgehead atoms. The summed E-state index contributed by atoms with van der Waals surface area (Å²) in [4.78, 5) is 13.3. The van der Waals surface area contributed by atoms with E-state index >= 15 is 0 Å². The Kier molecular flexibility index (Phi) is 7.34. The minimum atomic E-state index is -0.310. The van der Waals surface area contributed by atoms with Crippen molar-refractivity contribution in [2.45, 2.75) is 10.6 Å². The topological polar surface area (TPSA) is 38.3 Å². The summed E-state index contributed by atoms with van der Waals surface area (Å²) < 4.78 is 18.3. The largest absolute Gasteiger partial charge is 0.492 e. The summed E-state index contributed by atoms with van der Waals surface area (Å²) in [7, 11) is 0. The minimum Gasteiger partial charge on any atom is -0.492 e. The van der Waals surface area contributed by atoms with Crippen LogP contribution in [0.2, 0.25) is 5.02 Å². The van der Waals surface area contributed by atoms with Crippen LogP contribution in [0.15, 0.2) is 77.7 Å². The first kappa shape index (κ1) is 20.2. The van der Waals surface area contributed by atoms with Crippen molar-refractivity contribution in [1.29, 1.82) is 0 Å². The van der Waals surface area contributed by atoms with Crippen molar-refractivity contribution in [3.8, 4) is 5.75 Å². The van der Waals surface area contributed by atoms with Crippen LogP contribution in [-0.2, 0) is 5.75 Å². The molecule has 144 valence electrons. The molecule has 0 radical (unpaired) electrons. The maximum absolute atomic E-state index is 12.8. The molecule has 3 aromatic carbocycles. The lowest BCUT2D eigenvalue weighted by Gasteiger charge is -2.08. The van der Waals surface area contributed by atoms with Gasteiger partial charge in [-0.1, -0.05) is 23.7 Å². The van der Waals surface area contributed by atoms with Gasteiger partial charge in [-0.3, -0.25) is 4.79 Å². The lowest BCUT2D eigenvalue weighted by molar-refractivity contribution is 0.0947. The predicted octanol–water partition coefficient (Wildman–Crippen LogP) is 5.58. The first-order valence-corrected chi connectivity index (χ1v) is 10.1. The normalized spacial score (nSPS) is 10.5. The number of benzene rings is 3. The van der Waals surface area contributed by atoms with Gasteiger partial charge in [-0.2, -0.15) is 0 Å². The average molecular weight is 416 g/mol. The van der Waals surface area contributed by atoms with Crippen LogP contribution < -0.4 is 10.1 Å². The fourth-order valence-electron chi connectivity index (χ4n) is 2.42. The van der Waals surface area contributed by atoms with Crippen molar-refractivity contribution >= 4 is 29.3 Å². The second kappa shape index (κ2) is 10.2. The van der Waals surface area contributed by atoms with Gasteiger partial charge in [0.25, 0.3) is 5.91 Å². The second-order valence-corrected chi connectivity index (χ2v) is 7.48. The average Bonchev–Trinajstić information content (AvgIpc) is 2.72. The summed E-state index contributed by atoms with van der Waals surface area (Å²) in [5.41, 5.74) is 1.73. The molecule has 0 fully saturated rings. The maximum Gasteiger partial charge on any atom is 0.251 e. The molecule has 28 heavy (non-hydrogen) atoms. The number of carbonyl (C=O) groups excluding carboxylic acids is 1. The van der Waals surface area contributed by atoms with E-state index in [1.807, 2.05) is 48.5 Å². The van der Waals surface area contributed by atoms with Gasteiger partial charge in [-0.05, 0) is 66.2 Å². The Balaban J connectivity index is 1.41. The summed E-state index contributed by atoms with van der Waals surface area (Å²) in [5.74, 6) is 0.920. The molecule has 1 amide bonds. The van der Waals surface area contributed by atoms with E-state index in [9.17, 15) is 9.18 Å². The van der Waals surface area contributed by atoms with Gasteiger partial charge in [0.1, 0.15) is 18.2 Å². The van der Waals surface area contributed by atoms with E-state index in [0.717, 1.165) is 21.2 Å². The minimum absolute atomic E-state index is 0.153. The summed E-state index contributed by atoms with van der Waals surface area (Å²) >= 11 is 7.60. The number of rotatable bonds is 8. The molecule has 0 saturated carbocycles. The highest BCUT2D eigenvalue weighted by Gasteiger charge is 2.05. The molecule has 0 unspecified atom stereocenters. The number of nitrogens with one attached hydrogen (secondary N) is 1. The van der Waals surface area contributed by atoms with Crippen LogP contribution in [0, 0.1) is 5.82 Å². The molecular weight excluding hydrogens is 397 g/mol. The smallest absolute Gasteiger partial charge is 0.251 e. The fourth-order valence-corrected chi connectivity index (χ4v) is 3.40. The van der Waals surface area contributed by atoms with Crippen molar-refractivity contribution in [2.24, 2.45) is 0 Å². The van der Waals surface area contributed by atoms with Crippen molar-refractivity contribution in [1.82, 2.24) is 5.32 Å². The molecule has 0 aliphatic carbocycles. The number of carbonyl (C=O) groups is 1. The third-order valence-corrected chi connectivity index (χ3v) is 5.24. The summed E-state index contributed by atoms with van der Waals surface area (Å²) in [6.45, 7) is 0.678. The van der Waals surface area contributed by atoms with Crippen molar-refractivity contribution in [3.05, 3.63) is 94.8 Å². The predicted molar refractivity (Wildman–Crippen MR) is 112 cm³/mol. The summed E-state index contributed by atoms with van der Waals surface area (Å²) in [5, 5.41) is 3.53. The van der Waals surface area contributed by atoms with Crippen LogP contribution in [-0.4, -0.2) is 19.1 Å². The standard InChI is InChI=1S/C22H19ClFNO2S/c23-18-5-11-21(12-6-18)28-15-16-1-3-17(4-2-16)22(26)25-13-14-27-20-9-7-19(24)8-10-20/h1-12H,13-15H2,(H,25,26). The Morgan fingerprint density at radius 1 is 0.964 bits per heavy atom. The Labute approximate surface area is 172 Å². The second-order valence-electron chi connectivity index (χ2n) is 6.00. The van der Waals surface area contributed by atoms with Gasteiger partial charge in [-0.15, -0.1) is 11.8 Å². The third kappa shape index (κ3) is 6.29. The van der Waals surface area contributed by atoms with E-state index < -0.39 is 0 Å². The highest BCUT2D eigenvalue weighted by Crippen LogP contribution is 2.24. The number of thioether (sulfide) groups is 1. The molecule has 3 rings (SSSR count). The van der Waals surface area contributed by atoms with Gasteiger partial charge in [0.15, 0.2) is 0 Å². The number of amides is 1. The van der Waals surface area contributed by atoms with Crippen LogP contribution in [0.4, 0.5) is 4.39 Å². The molecule has 0 aliphatic heterocycles. The zero-order chi connectivity index (χ0) is 19.8. The van der Waals surface area contributed by atoms with Crippen molar-refractivity contribution < 1.29 is 13.9 Å². The van der Waals surface area contributed by atoms with Crippen LogP contribution in [0.25, 0.3) is 0 Å². The number of hydrogen-bond donors (Lipinski definition) is 1. The van der Waals surface area contributed by atoms with Gasteiger partial charge < -0.3 is 10.1 Å². The van der Waals surface area contributed by atoms with E-state index in [0.29, 0.717) is 24.5 Å². The number of halogens is 2. The number of hydrogen-bond acceptors (Lipinski definition) is 3. The van der Waals surface area contributed by atoms with Gasteiger partial charge in [-0.25, -0.2) is 4.39 Å². The van der Waals surface area contributed by atoms with E-state index in [1.54, 1.807) is 23.9 Å². The molecule has 6 heteroatoms. The Hall–Kier alpha value is -2.50. The Bertz CT molecular complexity index is 899. The maximum atomic E-state index is 12.8. The van der Waals surface area contributed by atoms with Gasteiger partial charge >= 0.3 is 0 Å². The SMILES string of the molecule is O=C(NCCOc1ccc(F)cc1)c1ccc(CSc2ccc(Cl)cc2)cc1. The Morgan fingerprint density at radius 2 is 1.64 bits per heavy atom. The van der Waals surface area contributed by atoms with Gasteiger partial charge in [0.2, 0.25) is 0 Å². The van der Waals surface area contributed by atoms with Crippen LogP contribution in [0.5, 0.6) is 5.75 Å². The summed E-state index contributed by atoms with van der Waals surface area (Å²) in [6.07, 6.45) is 0. The quantitative estimate of drug-likeness (QED) is 0.385. The third-order valence-electron chi connectivity index (χ3n) is 3.91. The molecule has 0 heterocycles. The Morgan fingerprint density at radius 3 is 2.32 bits per heavy atom. The zero-order valence-corrected chi connectivity index (χ0v) is 16.6. The van der Waals surface area contributed by atoms with Crippen molar-refractivity contribution in [2.75, 3.05) is 13.2 Å². The molecule has 0 aromatic heterocycles. The van der Waals surface area contributed by atoms with E-state index in [2.05, 4.69) is 5.32 Å². The molecule has 3 nitrogen and oxygen atoms in total. The van der Waals surface area contributed by atoms with Crippen LogP contribution in [0.1, 0.15) is 15.9 Å². The van der Waals surface area contributed by atoms with Crippen molar-refractivity contribution in [3.63, 3.8) is 0 Å². The fraction of sp³-hybridized carbons (Fsp3) is 0.136. The molecule has 1 N–H and O–H groups in total. The molecule has 0 atom stereocenters. The van der Waals surface area contributed by atoms with Crippen LogP contribution in [0.3, 0.4) is 0 Å². The van der Waals surface area contributed by atoms with Gasteiger partial charge in [0, 0.05) is 21.2 Å². The first-order chi connectivity index (χ1) is 13.6. The van der Waals surface area contributed by atoms with E-state index in [-0.39, 0.29) is 11.7 Å². The highest BCUT2D eigenvalue weighted by molar-refractivity contribution is 7.98. The lowest BCUT2D eigenvalue weighted by atomic mass is 10.1. The summed E-state index contributed by atoms with van der Waals surface area (Å²) in [6, 6.07) is 21.0. The highest BCUT2D eigenvalue weighted by atomic mass is 35.5. The van der Waals surface area contributed by atoms with Crippen LogP contribution >= 0.6 is 23.4 Å². The molecule has 0 spiro atoms. The molecule has 3 aromatic rings. The van der Waals surface area contributed by atoms with E-state index in [1.165, 1.54) is 12.1 Å². The molecule has 0 saturated heterocycles. The van der Waals surface area contributed by atoms with E-state index in [4.69, 9.17) is 16.3 Å². The first-order valence-electron chi connectivity index (χ1n) is 8.74. The number of ether oxygens (including phenoxy) is 1. The van der Waals surface area contributed by atoms with Gasteiger partial charge in [0.05, 0.1) is 6.54 Å². The molecular formula is C22H19ClFNO2S. The lowest BCUT2D eigenvalue weighted by Crippen LogP contribution is -2.28. The molecule has 0 aliphatic rings. The monoisotopic (exact) mass is 415 g/mol. The zero-order valence-electron chi connectivity index (χ0n) is 15.0.